The van der Waals surface area contributed by atoms with Gasteiger partial charge in [-0.15, -0.1) is 0 Å². The molecule has 8 nitrogen and oxygen atoms in total. The first-order valence-electron chi connectivity index (χ1n) is 9.72. The van der Waals surface area contributed by atoms with Gasteiger partial charge in [-0.05, 0) is 24.8 Å². The Balaban J connectivity index is 1.42. The molecule has 1 aliphatic carbocycles. The Morgan fingerprint density at radius 3 is 2.79 bits per heavy atom. The molecule has 3 aromatic rings. The van der Waals surface area contributed by atoms with Crippen molar-refractivity contribution in [3.05, 3.63) is 30.4 Å². The molecule has 2 fully saturated rings. The molecule has 0 aromatic carbocycles. The van der Waals surface area contributed by atoms with Crippen molar-refractivity contribution in [1.82, 2.24) is 28.4 Å². The van der Waals surface area contributed by atoms with Gasteiger partial charge in [0.25, 0.3) is 16.1 Å². The minimum Gasteiger partial charge on any atom is -0.345 e. The Labute approximate surface area is 166 Å². The SMILES string of the molecule is CCC1CC(NS(=O)(=O)N2CC(F)(F)C2)CC1c1cnc2cnc3[nH]ccc3n12. The Bertz CT molecular complexity index is 1170. The highest BCUT2D eigenvalue weighted by molar-refractivity contribution is 7.87. The summed E-state index contributed by atoms with van der Waals surface area (Å²) in [5, 5.41) is 0. The normalized spacial score (nSPS) is 27.6. The lowest BCUT2D eigenvalue weighted by Crippen LogP contribution is -2.61. The summed E-state index contributed by atoms with van der Waals surface area (Å²) in [5.74, 6) is -2.55. The average Bonchev–Trinajstić information content (AvgIpc) is 3.35. The van der Waals surface area contributed by atoms with Crippen molar-refractivity contribution in [2.45, 2.75) is 44.1 Å². The maximum Gasteiger partial charge on any atom is 0.280 e. The molecule has 0 bridgehead atoms. The molecule has 3 unspecified atom stereocenters. The highest BCUT2D eigenvalue weighted by Crippen LogP contribution is 2.42. The molecule has 3 aromatic heterocycles. The van der Waals surface area contributed by atoms with Crippen molar-refractivity contribution in [2.75, 3.05) is 13.1 Å². The maximum absolute atomic E-state index is 13.1. The minimum atomic E-state index is -3.90. The monoisotopic (exact) mass is 424 g/mol. The number of hydrogen-bond acceptors (Lipinski definition) is 4. The van der Waals surface area contributed by atoms with Crippen LogP contribution in [0.4, 0.5) is 8.78 Å². The zero-order valence-corrected chi connectivity index (χ0v) is 16.7. The topological polar surface area (TPSA) is 95.4 Å². The standard InChI is InChI=1S/C18H22F2N6O2S/c1-2-11-5-12(24-29(27,28)25-9-18(19,20)10-25)6-13(11)15-7-22-16-8-23-17-14(26(15)16)3-4-21-17/h3-4,7-8,11-13,21,24H,2,5-6,9-10H2,1H3. The summed E-state index contributed by atoms with van der Waals surface area (Å²) in [4.78, 5) is 11.9. The van der Waals surface area contributed by atoms with Crippen molar-refractivity contribution in [2.24, 2.45) is 5.92 Å². The van der Waals surface area contributed by atoms with Gasteiger partial charge in [-0.3, -0.25) is 4.40 Å². The van der Waals surface area contributed by atoms with E-state index < -0.39 is 29.2 Å². The first kappa shape index (κ1) is 18.9. The molecule has 5 rings (SSSR count). The highest BCUT2D eigenvalue weighted by atomic mass is 32.2. The summed E-state index contributed by atoms with van der Waals surface area (Å²) in [5.41, 5.74) is 3.46. The molecule has 1 saturated carbocycles. The smallest absolute Gasteiger partial charge is 0.280 e. The third-order valence-electron chi connectivity index (χ3n) is 6.14. The first-order chi connectivity index (χ1) is 13.8. The van der Waals surface area contributed by atoms with E-state index >= 15 is 0 Å². The maximum atomic E-state index is 13.1. The summed E-state index contributed by atoms with van der Waals surface area (Å²) in [6.07, 6.45) is 7.53. The fraction of sp³-hybridized carbons (Fsp3) is 0.556. The van der Waals surface area contributed by atoms with Gasteiger partial charge in [-0.2, -0.15) is 17.4 Å². The van der Waals surface area contributed by atoms with E-state index in [4.69, 9.17) is 0 Å². The molecule has 11 heteroatoms. The molecule has 156 valence electrons. The second-order valence-electron chi connectivity index (χ2n) is 8.04. The highest BCUT2D eigenvalue weighted by Gasteiger charge is 2.50. The molecule has 0 radical (unpaired) electrons. The Morgan fingerprint density at radius 2 is 2.07 bits per heavy atom. The van der Waals surface area contributed by atoms with Gasteiger partial charge in [0, 0.05) is 30.0 Å². The molecule has 3 atom stereocenters. The van der Waals surface area contributed by atoms with E-state index in [0.717, 1.165) is 33.2 Å². The molecule has 0 spiro atoms. The third-order valence-corrected chi connectivity index (χ3v) is 7.71. The summed E-state index contributed by atoms with van der Waals surface area (Å²) in [6, 6.07) is 1.65. The van der Waals surface area contributed by atoms with Gasteiger partial charge in [0.15, 0.2) is 11.3 Å². The van der Waals surface area contributed by atoms with E-state index in [0.29, 0.717) is 12.8 Å². The quantitative estimate of drug-likeness (QED) is 0.657. The predicted octanol–water partition coefficient (Wildman–Crippen LogP) is 2.27. The minimum absolute atomic E-state index is 0.112. The number of aromatic nitrogens is 4. The summed E-state index contributed by atoms with van der Waals surface area (Å²) < 4.78 is 56.6. The number of halogens is 2. The second kappa shape index (κ2) is 6.44. The predicted molar refractivity (Wildman–Crippen MR) is 103 cm³/mol. The molecule has 2 aliphatic rings. The van der Waals surface area contributed by atoms with Gasteiger partial charge in [-0.1, -0.05) is 13.3 Å². The average molecular weight is 424 g/mol. The molecule has 2 N–H and O–H groups in total. The lowest BCUT2D eigenvalue weighted by molar-refractivity contribution is -0.0950. The number of fused-ring (bicyclic) bond motifs is 3. The fourth-order valence-electron chi connectivity index (χ4n) is 4.71. The third kappa shape index (κ3) is 3.11. The number of aromatic amines is 1. The first-order valence-corrected chi connectivity index (χ1v) is 11.2. The number of H-pyrrole nitrogens is 1. The van der Waals surface area contributed by atoms with Crippen LogP contribution in [0.5, 0.6) is 0 Å². The van der Waals surface area contributed by atoms with Gasteiger partial charge < -0.3 is 4.98 Å². The van der Waals surface area contributed by atoms with Crippen LogP contribution in [0.2, 0.25) is 0 Å². The van der Waals surface area contributed by atoms with Crippen LogP contribution in [0.25, 0.3) is 16.8 Å². The van der Waals surface area contributed by atoms with E-state index in [-0.39, 0.29) is 17.9 Å². The lowest BCUT2D eigenvalue weighted by Gasteiger charge is -2.37. The Kier molecular flexibility index (Phi) is 4.20. The largest absolute Gasteiger partial charge is 0.345 e. The number of hydrogen-bond donors (Lipinski definition) is 2. The fourth-order valence-corrected chi connectivity index (χ4v) is 6.19. The van der Waals surface area contributed by atoms with E-state index in [9.17, 15) is 17.2 Å². The number of nitrogens with zero attached hydrogens (tertiary/aromatic N) is 4. The lowest BCUT2D eigenvalue weighted by atomic mass is 9.91. The van der Waals surface area contributed by atoms with Crippen LogP contribution in [-0.2, 0) is 10.2 Å². The Morgan fingerprint density at radius 1 is 1.28 bits per heavy atom. The molecule has 29 heavy (non-hydrogen) atoms. The zero-order chi connectivity index (χ0) is 20.4. The molecule has 1 aliphatic heterocycles. The van der Waals surface area contributed by atoms with E-state index in [1.807, 2.05) is 18.5 Å². The summed E-state index contributed by atoms with van der Waals surface area (Å²) in [7, 11) is -3.90. The van der Waals surface area contributed by atoms with Gasteiger partial charge in [0.1, 0.15) is 0 Å². The van der Waals surface area contributed by atoms with E-state index in [1.54, 1.807) is 6.20 Å². The van der Waals surface area contributed by atoms with Gasteiger partial charge in [-0.25, -0.2) is 18.7 Å². The van der Waals surface area contributed by atoms with Crippen molar-refractivity contribution < 1.29 is 17.2 Å². The van der Waals surface area contributed by atoms with Crippen LogP contribution in [0.15, 0.2) is 24.7 Å². The molecular weight excluding hydrogens is 402 g/mol. The van der Waals surface area contributed by atoms with Gasteiger partial charge in [0.05, 0.1) is 24.8 Å². The number of alkyl halides is 2. The molecule has 1 saturated heterocycles. The number of imidazole rings is 1. The van der Waals surface area contributed by atoms with Crippen molar-refractivity contribution in [3.8, 4) is 0 Å². The summed E-state index contributed by atoms with van der Waals surface area (Å²) >= 11 is 0. The van der Waals surface area contributed by atoms with Crippen LogP contribution < -0.4 is 4.72 Å². The van der Waals surface area contributed by atoms with Crippen LogP contribution in [-0.4, -0.2) is 57.1 Å². The molecule has 4 heterocycles. The van der Waals surface area contributed by atoms with Crippen LogP contribution >= 0.6 is 0 Å². The van der Waals surface area contributed by atoms with Crippen molar-refractivity contribution >= 4 is 27.0 Å². The van der Waals surface area contributed by atoms with Crippen LogP contribution in [0, 0.1) is 5.92 Å². The number of rotatable bonds is 5. The summed E-state index contributed by atoms with van der Waals surface area (Å²) in [6.45, 7) is 0.587. The van der Waals surface area contributed by atoms with Crippen molar-refractivity contribution in [1.29, 1.82) is 0 Å². The van der Waals surface area contributed by atoms with Crippen LogP contribution in [0.1, 0.15) is 37.8 Å². The Hall–Kier alpha value is -2.11. The second-order valence-corrected chi connectivity index (χ2v) is 9.74. The van der Waals surface area contributed by atoms with Gasteiger partial charge >= 0.3 is 0 Å². The molecular formula is C18H22F2N6O2S. The van der Waals surface area contributed by atoms with Crippen LogP contribution in [0.3, 0.4) is 0 Å². The number of nitrogens with one attached hydrogen (secondary N) is 2. The van der Waals surface area contributed by atoms with E-state index in [1.165, 1.54) is 0 Å². The van der Waals surface area contributed by atoms with E-state index in [2.05, 4.69) is 31.0 Å². The van der Waals surface area contributed by atoms with Gasteiger partial charge in [0.2, 0.25) is 0 Å². The molecule has 0 amide bonds. The van der Waals surface area contributed by atoms with Crippen molar-refractivity contribution in [3.63, 3.8) is 0 Å². The zero-order valence-electron chi connectivity index (χ0n) is 15.8.